The molecular formula is C21H17Cl2N3O3. The smallest absolute Gasteiger partial charge is 0.265 e. The highest BCUT2D eigenvalue weighted by Gasteiger charge is 2.18. The first kappa shape index (κ1) is 20.6. The van der Waals surface area contributed by atoms with E-state index in [0.29, 0.717) is 32.7 Å². The summed E-state index contributed by atoms with van der Waals surface area (Å²) >= 11 is 11.9. The van der Waals surface area contributed by atoms with Crippen molar-refractivity contribution in [3.8, 4) is 5.75 Å². The molecule has 0 radical (unpaired) electrons. The average molecular weight is 430 g/mol. The number of aromatic nitrogens is 1. The van der Waals surface area contributed by atoms with E-state index in [9.17, 15) is 9.59 Å². The first-order valence-electron chi connectivity index (χ1n) is 8.66. The van der Waals surface area contributed by atoms with Crippen molar-refractivity contribution >= 4 is 46.4 Å². The molecule has 2 amide bonds. The van der Waals surface area contributed by atoms with E-state index in [0.717, 1.165) is 0 Å². The third-order valence-electron chi connectivity index (χ3n) is 3.88. The van der Waals surface area contributed by atoms with Crippen LogP contribution in [0.1, 0.15) is 17.3 Å². The Kier molecular flexibility index (Phi) is 6.69. The summed E-state index contributed by atoms with van der Waals surface area (Å²) in [6.45, 7) is 1.60. The van der Waals surface area contributed by atoms with E-state index >= 15 is 0 Å². The van der Waals surface area contributed by atoms with Crippen molar-refractivity contribution in [3.05, 3.63) is 82.6 Å². The quantitative estimate of drug-likeness (QED) is 0.574. The van der Waals surface area contributed by atoms with E-state index in [2.05, 4.69) is 15.6 Å². The molecule has 0 spiro atoms. The van der Waals surface area contributed by atoms with Crippen LogP contribution in [0.5, 0.6) is 5.75 Å². The van der Waals surface area contributed by atoms with E-state index in [1.54, 1.807) is 61.5 Å². The van der Waals surface area contributed by atoms with Crippen LogP contribution in [0, 0.1) is 0 Å². The number of ether oxygens (including phenoxy) is 1. The van der Waals surface area contributed by atoms with Gasteiger partial charge in [-0.25, -0.2) is 0 Å². The predicted octanol–water partition coefficient (Wildman–Crippen LogP) is 5.05. The van der Waals surface area contributed by atoms with Gasteiger partial charge in [0.05, 0.1) is 5.69 Å². The first-order valence-corrected chi connectivity index (χ1v) is 9.42. The lowest BCUT2D eigenvalue weighted by molar-refractivity contribution is -0.122. The molecular weight excluding hydrogens is 413 g/mol. The van der Waals surface area contributed by atoms with Gasteiger partial charge in [0.1, 0.15) is 5.75 Å². The van der Waals surface area contributed by atoms with E-state index in [4.69, 9.17) is 27.9 Å². The zero-order valence-electron chi connectivity index (χ0n) is 15.4. The van der Waals surface area contributed by atoms with Crippen molar-refractivity contribution < 1.29 is 14.3 Å². The van der Waals surface area contributed by atoms with Crippen LogP contribution in [0.15, 0.2) is 67.0 Å². The number of benzene rings is 2. The van der Waals surface area contributed by atoms with Gasteiger partial charge in [0.2, 0.25) is 0 Å². The lowest BCUT2D eigenvalue weighted by Gasteiger charge is -2.18. The number of pyridine rings is 1. The molecule has 0 saturated carbocycles. The molecule has 8 heteroatoms. The maximum absolute atomic E-state index is 12.5. The number of carbonyl (C=O) groups excluding carboxylic acids is 2. The Morgan fingerprint density at radius 2 is 1.62 bits per heavy atom. The molecule has 2 aromatic carbocycles. The fraction of sp³-hybridized carbons (Fsp3) is 0.0952. The van der Waals surface area contributed by atoms with Gasteiger partial charge in [-0.3, -0.25) is 14.6 Å². The molecule has 0 fully saturated rings. The van der Waals surface area contributed by atoms with Gasteiger partial charge < -0.3 is 15.4 Å². The summed E-state index contributed by atoms with van der Waals surface area (Å²) in [5, 5.41) is 6.30. The second-order valence-corrected chi connectivity index (χ2v) is 6.97. The minimum atomic E-state index is -0.841. The zero-order chi connectivity index (χ0) is 20.8. The van der Waals surface area contributed by atoms with Crippen molar-refractivity contribution in [1.82, 2.24) is 4.98 Å². The van der Waals surface area contributed by atoms with Crippen molar-refractivity contribution in [2.75, 3.05) is 10.6 Å². The lowest BCUT2D eigenvalue weighted by atomic mass is 10.2. The number of carbonyl (C=O) groups is 2. The molecule has 1 aromatic heterocycles. The van der Waals surface area contributed by atoms with Crippen LogP contribution >= 0.6 is 23.2 Å². The highest BCUT2D eigenvalue weighted by Crippen LogP contribution is 2.26. The van der Waals surface area contributed by atoms with Gasteiger partial charge in [0.25, 0.3) is 11.8 Å². The Hall–Kier alpha value is -3.09. The Bertz CT molecular complexity index is 1010. The third kappa shape index (κ3) is 5.70. The molecule has 0 saturated heterocycles. The van der Waals surface area contributed by atoms with Crippen LogP contribution in [-0.2, 0) is 4.79 Å². The summed E-state index contributed by atoms with van der Waals surface area (Å²) in [6, 6.07) is 14.8. The highest BCUT2D eigenvalue weighted by atomic mass is 35.5. The van der Waals surface area contributed by atoms with Gasteiger partial charge in [-0.05, 0) is 49.4 Å². The fourth-order valence-electron chi connectivity index (χ4n) is 2.48. The minimum Gasteiger partial charge on any atom is -0.479 e. The average Bonchev–Trinajstić information content (AvgIpc) is 2.69. The lowest BCUT2D eigenvalue weighted by Crippen LogP contribution is -2.30. The van der Waals surface area contributed by atoms with E-state index in [-0.39, 0.29) is 5.91 Å². The monoisotopic (exact) mass is 429 g/mol. The highest BCUT2D eigenvalue weighted by molar-refractivity contribution is 6.35. The van der Waals surface area contributed by atoms with E-state index < -0.39 is 12.0 Å². The minimum absolute atomic E-state index is 0.311. The number of nitrogens with one attached hydrogen (secondary N) is 2. The van der Waals surface area contributed by atoms with Crippen molar-refractivity contribution in [2.45, 2.75) is 13.0 Å². The number of rotatable bonds is 6. The summed E-state index contributed by atoms with van der Waals surface area (Å²) in [4.78, 5) is 28.8. The molecule has 3 aromatic rings. The second kappa shape index (κ2) is 9.41. The molecule has 1 atom stereocenters. The van der Waals surface area contributed by atoms with Crippen LogP contribution in [0.3, 0.4) is 0 Å². The van der Waals surface area contributed by atoms with Crippen LogP contribution in [0.25, 0.3) is 0 Å². The molecule has 1 heterocycles. The van der Waals surface area contributed by atoms with E-state index in [1.807, 2.05) is 0 Å². The standard InChI is InChI=1S/C21H17Cl2N3O3/c1-13(20(27)25-17-11-15(22)10-16(23)12-17)29-19-5-3-2-4-18(19)26-21(28)14-6-8-24-9-7-14/h2-13H,1H3,(H,25,27)(H,26,28). The topological polar surface area (TPSA) is 80.3 Å². The molecule has 0 aliphatic carbocycles. The van der Waals surface area contributed by atoms with Gasteiger partial charge in [0.15, 0.2) is 6.10 Å². The number of hydrogen-bond acceptors (Lipinski definition) is 4. The van der Waals surface area contributed by atoms with E-state index in [1.165, 1.54) is 12.4 Å². The predicted molar refractivity (Wildman–Crippen MR) is 114 cm³/mol. The Labute approximate surface area is 177 Å². The van der Waals surface area contributed by atoms with Crippen molar-refractivity contribution in [1.29, 1.82) is 0 Å². The van der Waals surface area contributed by atoms with Gasteiger partial charge in [-0.2, -0.15) is 0 Å². The summed E-state index contributed by atoms with van der Waals surface area (Å²) < 4.78 is 5.77. The van der Waals surface area contributed by atoms with Crippen LogP contribution in [-0.4, -0.2) is 22.9 Å². The molecule has 3 rings (SSSR count). The molecule has 1 unspecified atom stereocenters. The summed E-state index contributed by atoms with van der Waals surface area (Å²) in [6.07, 6.45) is 2.23. The molecule has 0 bridgehead atoms. The maximum Gasteiger partial charge on any atom is 0.265 e. The summed E-state index contributed by atoms with van der Waals surface area (Å²) in [7, 11) is 0. The summed E-state index contributed by atoms with van der Waals surface area (Å²) in [5.74, 6) is -0.339. The largest absolute Gasteiger partial charge is 0.479 e. The Morgan fingerprint density at radius 1 is 0.966 bits per heavy atom. The van der Waals surface area contributed by atoms with Gasteiger partial charge >= 0.3 is 0 Å². The van der Waals surface area contributed by atoms with Gasteiger partial charge in [-0.1, -0.05) is 35.3 Å². The number of nitrogens with zero attached hydrogens (tertiary/aromatic N) is 1. The third-order valence-corrected chi connectivity index (χ3v) is 4.32. The molecule has 0 aliphatic rings. The second-order valence-electron chi connectivity index (χ2n) is 6.09. The van der Waals surface area contributed by atoms with Crippen LogP contribution < -0.4 is 15.4 Å². The van der Waals surface area contributed by atoms with Crippen molar-refractivity contribution in [2.24, 2.45) is 0 Å². The number of halogens is 2. The van der Waals surface area contributed by atoms with Crippen molar-refractivity contribution in [3.63, 3.8) is 0 Å². The summed E-state index contributed by atoms with van der Waals surface area (Å²) in [5.41, 5.74) is 1.36. The number of amides is 2. The fourth-order valence-corrected chi connectivity index (χ4v) is 3.01. The molecule has 2 N–H and O–H groups in total. The normalized spacial score (nSPS) is 11.4. The SMILES string of the molecule is CC(Oc1ccccc1NC(=O)c1ccncc1)C(=O)Nc1cc(Cl)cc(Cl)c1. The van der Waals surface area contributed by atoms with Crippen LogP contribution in [0.4, 0.5) is 11.4 Å². The number of para-hydroxylation sites is 2. The Morgan fingerprint density at radius 3 is 2.31 bits per heavy atom. The van der Waals surface area contributed by atoms with Gasteiger partial charge in [-0.15, -0.1) is 0 Å². The number of anilines is 2. The number of hydrogen-bond donors (Lipinski definition) is 2. The van der Waals surface area contributed by atoms with Crippen LogP contribution in [0.2, 0.25) is 10.0 Å². The molecule has 148 valence electrons. The molecule has 29 heavy (non-hydrogen) atoms. The Balaban J connectivity index is 1.69. The van der Waals surface area contributed by atoms with Gasteiger partial charge in [0, 0.05) is 33.7 Å². The maximum atomic E-state index is 12.5. The molecule has 0 aliphatic heterocycles. The molecule has 6 nitrogen and oxygen atoms in total. The zero-order valence-corrected chi connectivity index (χ0v) is 16.9. The first-order chi connectivity index (χ1) is 13.9.